The maximum absolute atomic E-state index is 12.3. The molecule has 1 aliphatic rings. The lowest BCUT2D eigenvalue weighted by Gasteiger charge is -2.33. The molecule has 0 aliphatic heterocycles. The number of hydrogen-bond acceptors (Lipinski definition) is 5. The summed E-state index contributed by atoms with van der Waals surface area (Å²) in [6, 6.07) is 7.52. The third-order valence-corrected chi connectivity index (χ3v) is 6.16. The first-order valence-corrected chi connectivity index (χ1v) is 10.3. The van der Waals surface area contributed by atoms with Crippen molar-refractivity contribution in [1.29, 1.82) is 0 Å². The number of carbonyl (C=O) groups excluding carboxylic acids is 2. The van der Waals surface area contributed by atoms with Crippen LogP contribution in [0.2, 0.25) is 5.02 Å². The zero-order valence-electron chi connectivity index (χ0n) is 15.5. The number of ether oxygens (including phenoxy) is 1. The van der Waals surface area contributed by atoms with Crippen molar-refractivity contribution in [1.82, 2.24) is 9.88 Å². The fraction of sp³-hybridized carbons (Fsp3) is 0.450. The van der Waals surface area contributed by atoms with E-state index in [1.807, 2.05) is 12.1 Å². The van der Waals surface area contributed by atoms with Crippen molar-refractivity contribution in [2.45, 2.75) is 38.6 Å². The van der Waals surface area contributed by atoms with Gasteiger partial charge in [0, 0.05) is 29.1 Å². The lowest BCUT2D eigenvalue weighted by Crippen LogP contribution is -2.41. The Hall–Kier alpha value is -1.92. The quantitative estimate of drug-likeness (QED) is 0.677. The summed E-state index contributed by atoms with van der Waals surface area (Å²) < 4.78 is 5.18. The molecule has 1 heterocycles. The minimum Gasteiger partial charge on any atom is -0.451 e. The van der Waals surface area contributed by atoms with Gasteiger partial charge in [-0.05, 0) is 43.7 Å². The topological polar surface area (TPSA) is 59.5 Å². The van der Waals surface area contributed by atoms with Crippen molar-refractivity contribution in [2.24, 2.45) is 5.92 Å². The normalized spacial score (nSPS) is 19.5. The fourth-order valence-corrected chi connectivity index (χ4v) is 4.23. The minimum absolute atomic E-state index is 0.173. The van der Waals surface area contributed by atoms with Gasteiger partial charge in [-0.2, -0.15) is 0 Å². The summed E-state index contributed by atoms with van der Waals surface area (Å²) >= 11 is 7.33. The lowest BCUT2D eigenvalue weighted by molar-refractivity contribution is -0.136. The van der Waals surface area contributed by atoms with E-state index in [1.54, 1.807) is 29.5 Å². The highest BCUT2D eigenvalue weighted by molar-refractivity contribution is 7.13. The Bertz CT molecular complexity index is 815. The summed E-state index contributed by atoms with van der Waals surface area (Å²) in [5, 5.41) is 2.93. The Kier molecular flexibility index (Phi) is 6.50. The number of nitrogens with zero attached hydrogens (tertiary/aromatic N) is 2. The van der Waals surface area contributed by atoms with Gasteiger partial charge in [-0.3, -0.25) is 4.79 Å². The summed E-state index contributed by atoms with van der Waals surface area (Å²) in [4.78, 5) is 30.6. The van der Waals surface area contributed by atoms with Crippen LogP contribution in [-0.4, -0.2) is 41.5 Å². The molecule has 0 radical (unpaired) electrons. The number of aromatic nitrogens is 1. The predicted molar refractivity (Wildman–Crippen MR) is 107 cm³/mol. The summed E-state index contributed by atoms with van der Waals surface area (Å²) in [6.07, 6.45) is 4.28. The van der Waals surface area contributed by atoms with E-state index < -0.39 is 5.97 Å². The number of carbonyl (C=O) groups is 2. The van der Waals surface area contributed by atoms with Crippen LogP contribution in [0, 0.1) is 5.92 Å². The Morgan fingerprint density at radius 1 is 1.30 bits per heavy atom. The van der Waals surface area contributed by atoms with Crippen LogP contribution < -0.4 is 0 Å². The predicted octanol–water partition coefficient (Wildman–Crippen LogP) is 4.66. The highest BCUT2D eigenvalue weighted by Crippen LogP contribution is 2.27. The summed E-state index contributed by atoms with van der Waals surface area (Å²) in [5.74, 6) is -0.0346. The first-order chi connectivity index (χ1) is 12.9. The number of benzene rings is 1. The molecule has 2 aromatic rings. The molecular weight excluding hydrogens is 384 g/mol. The molecule has 1 aromatic carbocycles. The molecule has 1 fully saturated rings. The van der Waals surface area contributed by atoms with Gasteiger partial charge < -0.3 is 9.64 Å². The third-order valence-electron chi connectivity index (χ3n) is 5.04. The summed E-state index contributed by atoms with van der Waals surface area (Å²) in [6.45, 7) is 1.98. The molecule has 0 N–H and O–H groups in total. The molecule has 1 aliphatic carbocycles. The molecule has 1 amide bonds. The van der Waals surface area contributed by atoms with Crippen molar-refractivity contribution >= 4 is 34.8 Å². The van der Waals surface area contributed by atoms with Gasteiger partial charge in [-0.1, -0.05) is 30.7 Å². The smallest absolute Gasteiger partial charge is 0.358 e. The van der Waals surface area contributed by atoms with Crippen LogP contribution in [0.1, 0.15) is 43.1 Å². The average molecular weight is 407 g/mol. The van der Waals surface area contributed by atoms with Gasteiger partial charge in [-0.15, -0.1) is 11.3 Å². The molecule has 0 bridgehead atoms. The number of rotatable bonds is 5. The Labute approximate surface area is 168 Å². The molecular formula is C20H23ClN2O3S. The standard InChI is InChI=1S/C20H23ClN2O3S/c1-13-6-8-16(9-7-13)23(2)18(24)11-26-20(25)17-12-27-19(22-17)14-4-3-5-15(21)10-14/h3-5,10,12-13,16H,6-9,11H2,1-2H3. The molecule has 0 atom stereocenters. The number of esters is 1. The maximum atomic E-state index is 12.3. The van der Waals surface area contributed by atoms with Crippen LogP contribution in [0.4, 0.5) is 0 Å². The van der Waals surface area contributed by atoms with Crippen LogP contribution in [0.3, 0.4) is 0 Å². The highest BCUT2D eigenvalue weighted by Gasteiger charge is 2.25. The van der Waals surface area contributed by atoms with Crippen LogP contribution in [0.25, 0.3) is 10.6 Å². The van der Waals surface area contributed by atoms with E-state index in [1.165, 1.54) is 11.3 Å². The molecule has 5 nitrogen and oxygen atoms in total. The van der Waals surface area contributed by atoms with Gasteiger partial charge in [0.2, 0.25) is 0 Å². The number of thiazole rings is 1. The van der Waals surface area contributed by atoms with Crippen molar-refractivity contribution in [3.8, 4) is 10.6 Å². The highest BCUT2D eigenvalue weighted by atomic mass is 35.5. The zero-order valence-corrected chi connectivity index (χ0v) is 17.1. The second-order valence-electron chi connectivity index (χ2n) is 7.04. The summed E-state index contributed by atoms with van der Waals surface area (Å²) in [5.41, 5.74) is 1.05. The van der Waals surface area contributed by atoms with Gasteiger partial charge in [0.05, 0.1) is 0 Å². The second-order valence-corrected chi connectivity index (χ2v) is 8.34. The fourth-order valence-electron chi connectivity index (χ4n) is 3.26. The van der Waals surface area contributed by atoms with Gasteiger partial charge in [0.25, 0.3) is 5.91 Å². The SMILES string of the molecule is CC1CCC(N(C)C(=O)COC(=O)c2csc(-c3cccc(Cl)c3)n2)CC1. The Balaban J connectivity index is 1.54. The van der Waals surface area contributed by atoms with E-state index in [0.717, 1.165) is 37.2 Å². The zero-order chi connectivity index (χ0) is 19.4. The van der Waals surface area contributed by atoms with Crippen LogP contribution in [0.15, 0.2) is 29.6 Å². The molecule has 1 saturated carbocycles. The van der Waals surface area contributed by atoms with Crippen LogP contribution in [0.5, 0.6) is 0 Å². The Morgan fingerprint density at radius 3 is 2.74 bits per heavy atom. The molecule has 144 valence electrons. The summed E-state index contributed by atoms with van der Waals surface area (Å²) in [7, 11) is 1.79. The van der Waals surface area contributed by atoms with Crippen molar-refractivity contribution in [3.63, 3.8) is 0 Å². The maximum Gasteiger partial charge on any atom is 0.358 e. The first-order valence-electron chi connectivity index (χ1n) is 9.08. The third kappa shape index (κ3) is 5.08. The molecule has 1 aromatic heterocycles. The molecule has 27 heavy (non-hydrogen) atoms. The van der Waals surface area contributed by atoms with Gasteiger partial charge in [-0.25, -0.2) is 9.78 Å². The average Bonchev–Trinajstić information content (AvgIpc) is 3.16. The van der Waals surface area contributed by atoms with Gasteiger partial charge in [0.15, 0.2) is 12.3 Å². The monoisotopic (exact) mass is 406 g/mol. The largest absolute Gasteiger partial charge is 0.451 e. The Morgan fingerprint density at radius 2 is 2.04 bits per heavy atom. The van der Waals surface area contributed by atoms with E-state index >= 15 is 0 Å². The van der Waals surface area contributed by atoms with Crippen molar-refractivity contribution in [2.75, 3.05) is 13.7 Å². The van der Waals surface area contributed by atoms with E-state index in [-0.39, 0.29) is 24.2 Å². The molecule has 7 heteroatoms. The molecule has 3 rings (SSSR count). The van der Waals surface area contributed by atoms with E-state index in [2.05, 4.69) is 11.9 Å². The minimum atomic E-state index is -0.585. The number of likely N-dealkylation sites (N-methyl/N-ethyl adjacent to an activating group) is 1. The number of amides is 1. The lowest BCUT2D eigenvalue weighted by atomic mass is 9.87. The number of hydrogen-bond donors (Lipinski definition) is 0. The molecule has 0 unspecified atom stereocenters. The van der Waals surface area contributed by atoms with Gasteiger partial charge in [0.1, 0.15) is 5.01 Å². The molecule has 0 spiro atoms. The van der Waals surface area contributed by atoms with Gasteiger partial charge >= 0.3 is 5.97 Å². The van der Waals surface area contributed by atoms with E-state index in [0.29, 0.717) is 10.0 Å². The number of halogens is 1. The molecule has 0 saturated heterocycles. The van der Waals surface area contributed by atoms with E-state index in [9.17, 15) is 9.59 Å². The van der Waals surface area contributed by atoms with Crippen molar-refractivity contribution in [3.05, 3.63) is 40.4 Å². The second kappa shape index (κ2) is 8.85. The van der Waals surface area contributed by atoms with Crippen LogP contribution in [-0.2, 0) is 9.53 Å². The van der Waals surface area contributed by atoms with E-state index in [4.69, 9.17) is 16.3 Å². The van der Waals surface area contributed by atoms with Crippen LogP contribution >= 0.6 is 22.9 Å². The first kappa shape index (κ1) is 19.8. The van der Waals surface area contributed by atoms with Crippen molar-refractivity contribution < 1.29 is 14.3 Å².